The van der Waals surface area contributed by atoms with E-state index in [1.807, 2.05) is 0 Å². The summed E-state index contributed by atoms with van der Waals surface area (Å²) in [5.41, 5.74) is -0.484. The monoisotopic (exact) mass is 329 g/mol. The van der Waals surface area contributed by atoms with Crippen LogP contribution in [0.3, 0.4) is 0 Å². The van der Waals surface area contributed by atoms with E-state index in [0.717, 1.165) is 0 Å². The molecule has 0 fully saturated rings. The highest BCUT2D eigenvalue weighted by Crippen LogP contribution is 2.18. The number of nitro groups is 1. The average Bonchev–Trinajstić information content (AvgIpc) is 2.93. The summed E-state index contributed by atoms with van der Waals surface area (Å²) in [4.78, 5) is 26.9. The summed E-state index contributed by atoms with van der Waals surface area (Å²) in [5.74, 6) is 0. The van der Waals surface area contributed by atoms with Crippen molar-refractivity contribution in [3.63, 3.8) is 0 Å². The van der Waals surface area contributed by atoms with E-state index in [-0.39, 0.29) is 17.8 Å². The molecule has 0 atom stereocenters. The fourth-order valence-corrected chi connectivity index (χ4v) is 2.38. The van der Waals surface area contributed by atoms with Crippen molar-refractivity contribution < 1.29 is 10.0 Å². The summed E-state index contributed by atoms with van der Waals surface area (Å²) in [5, 5.41) is 25.0. The van der Waals surface area contributed by atoms with Gasteiger partial charge in [-0.2, -0.15) is 5.10 Å². The molecule has 0 saturated carbocycles. The van der Waals surface area contributed by atoms with Gasteiger partial charge in [-0.15, -0.1) is 0 Å². The van der Waals surface area contributed by atoms with Crippen LogP contribution in [0.5, 0.6) is 0 Å². The Morgan fingerprint density at radius 2 is 1.96 bits per heavy atom. The summed E-state index contributed by atoms with van der Waals surface area (Å²) in [6, 6.07) is 5.79. The topological polar surface area (TPSA) is 116 Å². The van der Waals surface area contributed by atoms with Crippen molar-refractivity contribution in [3.05, 3.63) is 57.3 Å². The maximum atomic E-state index is 12.5. The normalized spacial score (nSPS) is 11.8. The third-order valence-electron chi connectivity index (χ3n) is 3.42. The molecule has 3 rings (SSSR count). The van der Waals surface area contributed by atoms with E-state index in [4.69, 9.17) is 0 Å². The summed E-state index contributed by atoms with van der Waals surface area (Å²) in [7, 11) is 0. The van der Waals surface area contributed by atoms with E-state index in [1.165, 1.54) is 46.0 Å². The Morgan fingerprint density at radius 1 is 1.29 bits per heavy atom. The zero-order valence-electron chi connectivity index (χ0n) is 13.1. The van der Waals surface area contributed by atoms with E-state index in [0.29, 0.717) is 16.7 Å². The molecule has 2 aromatic heterocycles. The Hall–Kier alpha value is -3.07. The van der Waals surface area contributed by atoms with Gasteiger partial charge in [0.2, 0.25) is 0 Å². The minimum absolute atomic E-state index is 0.0318. The van der Waals surface area contributed by atoms with Crippen molar-refractivity contribution >= 4 is 16.7 Å². The fraction of sp³-hybridized carbons (Fsp3) is 0.267. The number of aliphatic hydroxyl groups is 1. The van der Waals surface area contributed by atoms with Crippen molar-refractivity contribution in [1.82, 2.24) is 19.3 Å². The van der Waals surface area contributed by atoms with Gasteiger partial charge in [-0.3, -0.25) is 19.5 Å². The van der Waals surface area contributed by atoms with Crippen LogP contribution in [-0.4, -0.2) is 35.0 Å². The largest absolute Gasteiger partial charge is 0.389 e. The summed E-state index contributed by atoms with van der Waals surface area (Å²) < 4.78 is 2.76. The highest BCUT2D eigenvalue weighted by Gasteiger charge is 2.17. The SMILES string of the molecule is CC(C)(O)Cn1cnc2c(cnn2-c2ccc([N+](=O)[O-])cc2)c1=O. The van der Waals surface area contributed by atoms with Gasteiger partial charge in [0.25, 0.3) is 11.2 Å². The highest BCUT2D eigenvalue weighted by molar-refractivity contribution is 5.75. The Morgan fingerprint density at radius 3 is 2.54 bits per heavy atom. The predicted molar refractivity (Wildman–Crippen MR) is 86.1 cm³/mol. The smallest absolute Gasteiger partial charge is 0.269 e. The lowest BCUT2D eigenvalue weighted by Gasteiger charge is -2.18. The average molecular weight is 329 g/mol. The number of benzene rings is 1. The van der Waals surface area contributed by atoms with Crippen molar-refractivity contribution in [2.24, 2.45) is 0 Å². The third-order valence-corrected chi connectivity index (χ3v) is 3.42. The Balaban J connectivity index is 2.07. The number of nitro benzene ring substituents is 1. The molecule has 24 heavy (non-hydrogen) atoms. The molecule has 0 spiro atoms. The molecule has 9 heteroatoms. The minimum Gasteiger partial charge on any atom is -0.389 e. The molecule has 9 nitrogen and oxygen atoms in total. The van der Waals surface area contributed by atoms with Crippen LogP contribution in [0.1, 0.15) is 13.8 Å². The van der Waals surface area contributed by atoms with Crippen LogP contribution in [-0.2, 0) is 6.54 Å². The minimum atomic E-state index is -1.05. The van der Waals surface area contributed by atoms with Crippen LogP contribution in [0.2, 0.25) is 0 Å². The lowest BCUT2D eigenvalue weighted by Crippen LogP contribution is -2.32. The lowest BCUT2D eigenvalue weighted by atomic mass is 10.1. The molecule has 1 N–H and O–H groups in total. The zero-order chi connectivity index (χ0) is 17.5. The standard InChI is InChI=1S/C15H15N5O4/c1-15(2,22)8-18-9-16-13-12(14(18)21)7-17-19(13)10-3-5-11(6-4-10)20(23)24/h3-7,9,22H,8H2,1-2H3. The number of fused-ring (bicyclic) bond motifs is 1. The maximum absolute atomic E-state index is 12.5. The number of nitrogens with zero attached hydrogens (tertiary/aromatic N) is 5. The Labute approximate surface area is 135 Å². The van der Waals surface area contributed by atoms with Crippen LogP contribution in [0.15, 0.2) is 41.6 Å². The second-order valence-electron chi connectivity index (χ2n) is 6.06. The Bertz CT molecular complexity index is 966. The molecule has 2 heterocycles. The Kier molecular flexibility index (Phi) is 3.64. The molecule has 3 aromatic rings. The molecule has 1 aromatic carbocycles. The number of aromatic nitrogens is 4. The first-order chi connectivity index (χ1) is 11.3. The third kappa shape index (κ3) is 2.88. The van der Waals surface area contributed by atoms with Crippen LogP contribution >= 0.6 is 0 Å². The van der Waals surface area contributed by atoms with Gasteiger partial charge in [-0.25, -0.2) is 9.67 Å². The second-order valence-corrected chi connectivity index (χ2v) is 6.06. The number of hydrogen-bond donors (Lipinski definition) is 1. The molecular weight excluding hydrogens is 314 g/mol. The van der Waals surface area contributed by atoms with Gasteiger partial charge in [0.15, 0.2) is 5.65 Å². The molecule has 0 aliphatic rings. The second kappa shape index (κ2) is 5.53. The molecule has 0 saturated heterocycles. The quantitative estimate of drug-likeness (QED) is 0.569. The molecule has 0 aliphatic carbocycles. The van der Waals surface area contributed by atoms with E-state index in [1.54, 1.807) is 13.8 Å². The predicted octanol–water partition coefficient (Wildman–Crippen LogP) is 1.26. The van der Waals surface area contributed by atoms with Crippen LogP contribution in [0, 0.1) is 10.1 Å². The number of hydrogen-bond acceptors (Lipinski definition) is 6. The first-order valence-electron chi connectivity index (χ1n) is 7.17. The van der Waals surface area contributed by atoms with E-state index < -0.39 is 10.5 Å². The van der Waals surface area contributed by atoms with Crippen molar-refractivity contribution in [2.75, 3.05) is 0 Å². The summed E-state index contributed by atoms with van der Waals surface area (Å²) in [6.07, 6.45) is 2.75. The molecule has 0 unspecified atom stereocenters. The van der Waals surface area contributed by atoms with Crippen molar-refractivity contribution in [3.8, 4) is 5.69 Å². The molecule has 0 radical (unpaired) electrons. The van der Waals surface area contributed by atoms with Gasteiger partial charge in [0.05, 0.1) is 29.0 Å². The highest BCUT2D eigenvalue weighted by atomic mass is 16.6. The molecule has 0 aliphatic heterocycles. The van der Waals surface area contributed by atoms with Crippen LogP contribution in [0.25, 0.3) is 16.7 Å². The first kappa shape index (κ1) is 15.8. The first-order valence-corrected chi connectivity index (χ1v) is 7.17. The van der Waals surface area contributed by atoms with Gasteiger partial charge >= 0.3 is 0 Å². The van der Waals surface area contributed by atoms with Gasteiger partial charge < -0.3 is 5.11 Å². The van der Waals surface area contributed by atoms with Crippen LogP contribution in [0.4, 0.5) is 5.69 Å². The van der Waals surface area contributed by atoms with Gasteiger partial charge in [0.1, 0.15) is 11.7 Å². The fourth-order valence-electron chi connectivity index (χ4n) is 2.38. The summed E-state index contributed by atoms with van der Waals surface area (Å²) in [6.45, 7) is 3.31. The van der Waals surface area contributed by atoms with Gasteiger partial charge in [0, 0.05) is 12.1 Å². The van der Waals surface area contributed by atoms with Crippen LogP contribution < -0.4 is 5.56 Å². The van der Waals surface area contributed by atoms with Gasteiger partial charge in [-0.1, -0.05) is 0 Å². The molecular formula is C15H15N5O4. The number of non-ortho nitro benzene ring substituents is 1. The zero-order valence-corrected chi connectivity index (χ0v) is 13.1. The summed E-state index contributed by atoms with van der Waals surface area (Å²) >= 11 is 0. The van der Waals surface area contributed by atoms with Crippen molar-refractivity contribution in [1.29, 1.82) is 0 Å². The maximum Gasteiger partial charge on any atom is 0.269 e. The van der Waals surface area contributed by atoms with Crippen molar-refractivity contribution in [2.45, 2.75) is 26.0 Å². The molecule has 0 bridgehead atoms. The molecule has 124 valence electrons. The number of rotatable bonds is 4. The van der Waals surface area contributed by atoms with E-state index >= 15 is 0 Å². The van der Waals surface area contributed by atoms with E-state index in [2.05, 4.69) is 10.1 Å². The lowest BCUT2D eigenvalue weighted by molar-refractivity contribution is -0.384. The van der Waals surface area contributed by atoms with E-state index in [9.17, 15) is 20.0 Å². The van der Waals surface area contributed by atoms with Gasteiger partial charge in [-0.05, 0) is 26.0 Å². The molecule has 0 amide bonds.